The molecule has 0 spiro atoms. The van der Waals surface area contributed by atoms with Gasteiger partial charge >= 0.3 is 0 Å². The largest absolute Gasteiger partial charge is 0.357 e. The minimum absolute atomic E-state index is 1.09. The summed E-state index contributed by atoms with van der Waals surface area (Å²) in [6.45, 7) is 12.0. The molecule has 0 aliphatic rings. The summed E-state index contributed by atoms with van der Waals surface area (Å²) in [4.78, 5) is 7.96. The molecule has 3 nitrogen and oxygen atoms in total. The SMILES string of the molecule is CC.CC.Cc1cccc(C)n1.Cn1cccc1.c1ccncc1. The Bertz CT molecular complexity index is 517. The summed E-state index contributed by atoms with van der Waals surface area (Å²) in [6.07, 6.45) is 7.50. The number of aryl methyl sites for hydroxylation is 3. The van der Waals surface area contributed by atoms with E-state index in [4.69, 9.17) is 0 Å². The summed E-state index contributed by atoms with van der Waals surface area (Å²) in [5.41, 5.74) is 2.18. The van der Waals surface area contributed by atoms with Crippen LogP contribution in [0.5, 0.6) is 0 Å². The topological polar surface area (TPSA) is 30.7 Å². The van der Waals surface area contributed by atoms with Gasteiger partial charge in [-0.15, -0.1) is 0 Å². The van der Waals surface area contributed by atoms with Crippen molar-refractivity contribution in [1.29, 1.82) is 0 Å². The van der Waals surface area contributed by atoms with Crippen molar-refractivity contribution in [3.8, 4) is 0 Å². The van der Waals surface area contributed by atoms with Crippen LogP contribution in [0.25, 0.3) is 0 Å². The maximum absolute atomic E-state index is 4.17. The van der Waals surface area contributed by atoms with Gasteiger partial charge in [-0.3, -0.25) is 9.97 Å². The first-order valence-corrected chi connectivity index (χ1v) is 8.50. The fourth-order valence-corrected chi connectivity index (χ4v) is 1.41. The van der Waals surface area contributed by atoms with Gasteiger partial charge in [-0.1, -0.05) is 39.8 Å². The lowest BCUT2D eigenvalue weighted by Crippen LogP contribution is -1.81. The van der Waals surface area contributed by atoms with Gasteiger partial charge in [0.1, 0.15) is 0 Å². The van der Waals surface area contributed by atoms with Gasteiger partial charge < -0.3 is 4.57 Å². The molecule has 0 saturated heterocycles. The van der Waals surface area contributed by atoms with Crippen LogP contribution in [0.2, 0.25) is 0 Å². The Balaban J connectivity index is 0. The van der Waals surface area contributed by atoms with Crippen molar-refractivity contribution in [2.24, 2.45) is 7.05 Å². The van der Waals surface area contributed by atoms with Crippen molar-refractivity contribution in [3.05, 3.63) is 84.7 Å². The molecule has 0 bridgehead atoms. The van der Waals surface area contributed by atoms with Gasteiger partial charge in [0.2, 0.25) is 0 Å². The van der Waals surface area contributed by atoms with Gasteiger partial charge in [-0.05, 0) is 50.2 Å². The molecule has 3 aromatic rings. The molecule has 0 radical (unpaired) electrons. The van der Waals surface area contributed by atoms with Crippen LogP contribution in [0.1, 0.15) is 39.1 Å². The molecule has 0 saturated carbocycles. The Morgan fingerprint density at radius 1 is 0.667 bits per heavy atom. The molecule has 3 heterocycles. The van der Waals surface area contributed by atoms with E-state index in [1.807, 2.05) is 114 Å². The van der Waals surface area contributed by atoms with Crippen LogP contribution in [0, 0.1) is 13.8 Å². The van der Waals surface area contributed by atoms with E-state index >= 15 is 0 Å². The van der Waals surface area contributed by atoms with Gasteiger partial charge in [0.05, 0.1) is 0 Å². The molecule has 3 rings (SSSR count). The molecule has 0 amide bonds. The first kappa shape index (κ1) is 23.8. The van der Waals surface area contributed by atoms with E-state index in [1.165, 1.54) is 0 Å². The Hall–Kier alpha value is -2.42. The average Bonchev–Trinajstić information content (AvgIpc) is 3.12. The summed E-state index contributed by atoms with van der Waals surface area (Å²) in [7, 11) is 2.00. The van der Waals surface area contributed by atoms with E-state index in [9.17, 15) is 0 Å². The zero-order chi connectivity index (χ0) is 18.6. The molecule has 24 heavy (non-hydrogen) atoms. The lowest BCUT2D eigenvalue weighted by Gasteiger charge is -1.90. The van der Waals surface area contributed by atoms with Gasteiger partial charge in [0.15, 0.2) is 0 Å². The van der Waals surface area contributed by atoms with Crippen LogP contribution >= 0.6 is 0 Å². The quantitative estimate of drug-likeness (QED) is 0.518. The van der Waals surface area contributed by atoms with Crippen molar-refractivity contribution < 1.29 is 0 Å². The highest BCUT2D eigenvalue weighted by Gasteiger charge is 1.82. The monoisotopic (exact) mass is 327 g/mol. The lowest BCUT2D eigenvalue weighted by molar-refractivity contribution is 0.928. The van der Waals surface area contributed by atoms with Gasteiger partial charge in [-0.2, -0.15) is 0 Å². The Labute approximate surface area is 148 Å². The highest BCUT2D eigenvalue weighted by Crippen LogP contribution is 1.93. The highest BCUT2D eigenvalue weighted by atomic mass is 14.9. The Morgan fingerprint density at radius 2 is 1.12 bits per heavy atom. The van der Waals surface area contributed by atoms with Crippen LogP contribution < -0.4 is 0 Å². The van der Waals surface area contributed by atoms with Crippen LogP contribution in [0.3, 0.4) is 0 Å². The number of aromatic nitrogens is 3. The second kappa shape index (κ2) is 18.6. The van der Waals surface area contributed by atoms with E-state index in [2.05, 4.69) is 9.97 Å². The maximum atomic E-state index is 4.17. The second-order valence-corrected chi connectivity index (χ2v) is 4.29. The predicted octanol–water partition coefficient (Wildman–Crippen LogP) is 5.86. The van der Waals surface area contributed by atoms with E-state index < -0.39 is 0 Å². The van der Waals surface area contributed by atoms with Gasteiger partial charge in [0, 0.05) is 43.2 Å². The van der Waals surface area contributed by atoms with Crippen LogP contribution in [-0.2, 0) is 7.05 Å². The van der Waals surface area contributed by atoms with Crippen molar-refractivity contribution in [3.63, 3.8) is 0 Å². The fraction of sp³-hybridized carbons (Fsp3) is 0.333. The van der Waals surface area contributed by atoms with Crippen molar-refractivity contribution in [2.75, 3.05) is 0 Å². The van der Waals surface area contributed by atoms with Gasteiger partial charge in [0.25, 0.3) is 0 Å². The zero-order valence-electron chi connectivity index (χ0n) is 16.3. The van der Waals surface area contributed by atoms with E-state index in [1.54, 1.807) is 12.4 Å². The molecular formula is C21H33N3. The van der Waals surface area contributed by atoms with Crippen molar-refractivity contribution in [2.45, 2.75) is 41.5 Å². The molecule has 3 aromatic heterocycles. The number of rotatable bonds is 0. The minimum Gasteiger partial charge on any atom is -0.357 e. The summed E-state index contributed by atoms with van der Waals surface area (Å²) >= 11 is 0. The molecule has 0 atom stereocenters. The number of hydrogen-bond acceptors (Lipinski definition) is 2. The third-order valence-electron chi connectivity index (χ3n) is 2.35. The molecule has 0 aliphatic heterocycles. The third-order valence-corrected chi connectivity index (χ3v) is 2.35. The predicted molar refractivity (Wildman–Crippen MR) is 106 cm³/mol. The molecule has 132 valence electrons. The highest BCUT2D eigenvalue weighted by molar-refractivity contribution is 5.07. The summed E-state index contributed by atoms with van der Waals surface area (Å²) in [5.74, 6) is 0. The average molecular weight is 328 g/mol. The molecule has 3 heteroatoms. The second-order valence-electron chi connectivity index (χ2n) is 4.29. The molecule has 0 N–H and O–H groups in total. The van der Waals surface area contributed by atoms with Crippen LogP contribution in [-0.4, -0.2) is 14.5 Å². The normalized spacial score (nSPS) is 7.79. The van der Waals surface area contributed by atoms with E-state index in [-0.39, 0.29) is 0 Å². The van der Waals surface area contributed by atoms with Crippen molar-refractivity contribution >= 4 is 0 Å². The molecule has 0 unspecified atom stereocenters. The third kappa shape index (κ3) is 16.0. The number of hydrogen-bond donors (Lipinski definition) is 0. The smallest absolute Gasteiger partial charge is 0.0375 e. The number of pyridine rings is 2. The molecule has 0 aromatic carbocycles. The summed E-state index contributed by atoms with van der Waals surface area (Å²) in [6, 6.07) is 15.7. The van der Waals surface area contributed by atoms with Crippen molar-refractivity contribution in [1.82, 2.24) is 14.5 Å². The Kier molecular flexibility index (Phi) is 18.5. The summed E-state index contributed by atoms with van der Waals surface area (Å²) in [5, 5.41) is 0. The van der Waals surface area contributed by atoms with Crippen LogP contribution in [0.15, 0.2) is 73.3 Å². The molecular weight excluding hydrogens is 294 g/mol. The molecule has 0 fully saturated rings. The van der Waals surface area contributed by atoms with Crippen LogP contribution in [0.4, 0.5) is 0 Å². The standard InChI is InChI=1S/C7H9N.C5H7N.C5H5N.2C2H6/c1-6-4-3-5-7(2)8-6;1-6-4-2-3-5-6;1-2-4-6-5-3-1;2*1-2/h3-5H,1-2H3;2-5H,1H3;1-5H;2*1-2H3. The van der Waals surface area contributed by atoms with E-state index in [0.717, 1.165) is 11.4 Å². The Morgan fingerprint density at radius 3 is 1.29 bits per heavy atom. The lowest BCUT2D eigenvalue weighted by atomic mass is 10.3. The first-order valence-electron chi connectivity index (χ1n) is 8.50. The number of nitrogens with zero attached hydrogens (tertiary/aromatic N) is 3. The fourth-order valence-electron chi connectivity index (χ4n) is 1.41. The van der Waals surface area contributed by atoms with Gasteiger partial charge in [-0.25, -0.2) is 0 Å². The summed E-state index contributed by atoms with van der Waals surface area (Å²) < 4.78 is 2.00. The maximum Gasteiger partial charge on any atom is 0.0375 e. The van der Waals surface area contributed by atoms with E-state index in [0.29, 0.717) is 0 Å². The minimum atomic E-state index is 1.09. The molecule has 0 aliphatic carbocycles. The first-order chi connectivity index (χ1) is 11.7. The zero-order valence-corrected chi connectivity index (χ0v) is 16.3.